The summed E-state index contributed by atoms with van der Waals surface area (Å²) in [5.74, 6) is 0.301. The van der Waals surface area contributed by atoms with Gasteiger partial charge in [-0.25, -0.2) is 0 Å². The van der Waals surface area contributed by atoms with Crippen molar-refractivity contribution in [2.24, 2.45) is 0 Å². The van der Waals surface area contributed by atoms with Gasteiger partial charge in [0.15, 0.2) is 11.3 Å². The SMILES string of the molecule is CC(C)N(CC1Cn2c3ccccc3c3c2c(c(C#N)c(=O)n3-c2ccc([N+](=O)[O-])cc2)O1)C(C)C. The Balaban J connectivity index is 1.78. The van der Waals surface area contributed by atoms with Gasteiger partial charge in [-0.3, -0.25) is 24.4 Å². The van der Waals surface area contributed by atoms with Gasteiger partial charge >= 0.3 is 0 Å². The highest BCUT2D eigenvalue weighted by Crippen LogP contribution is 2.40. The molecule has 0 N–H and O–H groups in total. The molecule has 4 aromatic rings. The van der Waals surface area contributed by atoms with Crippen LogP contribution in [0.25, 0.3) is 27.6 Å². The Bertz CT molecular complexity index is 1580. The smallest absolute Gasteiger partial charge is 0.277 e. The summed E-state index contributed by atoms with van der Waals surface area (Å²) in [6.07, 6.45) is -0.247. The van der Waals surface area contributed by atoms with E-state index in [0.29, 0.717) is 47.6 Å². The van der Waals surface area contributed by atoms with Gasteiger partial charge in [0.25, 0.3) is 11.2 Å². The molecule has 2 aromatic carbocycles. The van der Waals surface area contributed by atoms with Crippen molar-refractivity contribution in [3.05, 3.63) is 74.6 Å². The third-order valence-electron chi connectivity index (χ3n) is 6.87. The highest BCUT2D eigenvalue weighted by atomic mass is 16.6. The summed E-state index contributed by atoms with van der Waals surface area (Å²) >= 11 is 0. The van der Waals surface area contributed by atoms with Gasteiger partial charge in [-0.05, 0) is 45.9 Å². The number of rotatable bonds is 6. The van der Waals surface area contributed by atoms with Gasteiger partial charge in [0.05, 0.1) is 22.5 Å². The number of non-ortho nitro benzene ring substituents is 1. The molecule has 1 aliphatic heterocycles. The normalized spacial score (nSPS) is 15.1. The number of benzene rings is 2. The third kappa shape index (κ3) is 3.62. The Kier molecular flexibility index (Phi) is 5.77. The number of para-hydroxylation sites is 1. The standard InChI is InChI=1S/C27H27N5O4/c1-16(2)29(17(3)4)14-20-15-30-23-8-6-5-7-21(23)24-25(30)26(36-20)22(13-28)27(33)31(24)18-9-11-19(12-10-18)32(34)35/h5-12,16-17,20H,14-15H2,1-4H3. The minimum absolute atomic E-state index is 0.0738. The van der Waals surface area contributed by atoms with Gasteiger partial charge < -0.3 is 9.30 Å². The Labute approximate surface area is 207 Å². The summed E-state index contributed by atoms with van der Waals surface area (Å²) in [5.41, 5.74) is 2.04. The van der Waals surface area contributed by atoms with E-state index in [-0.39, 0.29) is 17.4 Å². The zero-order valence-corrected chi connectivity index (χ0v) is 20.6. The average Bonchev–Trinajstić information content (AvgIpc) is 3.17. The lowest BCUT2D eigenvalue weighted by molar-refractivity contribution is -0.384. The van der Waals surface area contributed by atoms with Crippen LogP contribution in [0.3, 0.4) is 0 Å². The zero-order chi connectivity index (χ0) is 25.7. The lowest BCUT2D eigenvalue weighted by atomic mass is 10.1. The molecule has 0 saturated carbocycles. The molecule has 0 aliphatic carbocycles. The molecule has 36 heavy (non-hydrogen) atoms. The predicted molar refractivity (Wildman–Crippen MR) is 138 cm³/mol. The van der Waals surface area contributed by atoms with Crippen molar-refractivity contribution in [1.29, 1.82) is 5.26 Å². The molecule has 0 radical (unpaired) electrons. The first-order chi connectivity index (χ1) is 17.2. The number of nitrogens with zero attached hydrogens (tertiary/aromatic N) is 5. The molecule has 1 unspecified atom stereocenters. The van der Waals surface area contributed by atoms with Gasteiger partial charge in [0.1, 0.15) is 17.7 Å². The highest BCUT2D eigenvalue weighted by Gasteiger charge is 2.33. The fourth-order valence-corrected chi connectivity index (χ4v) is 5.30. The molecule has 5 rings (SSSR count). The van der Waals surface area contributed by atoms with Crippen LogP contribution in [-0.4, -0.2) is 43.7 Å². The van der Waals surface area contributed by atoms with Gasteiger partial charge in [0, 0.05) is 41.8 Å². The van der Waals surface area contributed by atoms with Crippen LogP contribution in [0.4, 0.5) is 5.69 Å². The van der Waals surface area contributed by atoms with Gasteiger partial charge in [-0.2, -0.15) is 5.26 Å². The molecular weight excluding hydrogens is 458 g/mol. The van der Waals surface area contributed by atoms with Crippen molar-refractivity contribution in [3.8, 4) is 17.5 Å². The van der Waals surface area contributed by atoms with E-state index < -0.39 is 10.5 Å². The molecule has 9 heteroatoms. The van der Waals surface area contributed by atoms with Crippen LogP contribution in [0.5, 0.6) is 5.75 Å². The Morgan fingerprint density at radius 2 is 1.78 bits per heavy atom. The molecule has 1 atom stereocenters. The fraction of sp³-hybridized carbons (Fsp3) is 0.333. The maximum Gasteiger partial charge on any atom is 0.277 e. The topological polar surface area (TPSA) is 106 Å². The maximum absolute atomic E-state index is 13.7. The molecule has 0 fully saturated rings. The quantitative estimate of drug-likeness (QED) is 0.292. The number of hydrogen-bond acceptors (Lipinski definition) is 6. The van der Waals surface area contributed by atoms with Gasteiger partial charge in [-0.15, -0.1) is 0 Å². The minimum Gasteiger partial charge on any atom is -0.483 e. The molecule has 3 heterocycles. The van der Waals surface area contributed by atoms with Crippen molar-refractivity contribution >= 4 is 27.6 Å². The maximum atomic E-state index is 13.7. The van der Waals surface area contributed by atoms with Crippen LogP contribution in [0, 0.1) is 21.4 Å². The predicted octanol–water partition coefficient (Wildman–Crippen LogP) is 4.61. The second-order valence-corrected chi connectivity index (χ2v) is 9.68. The third-order valence-corrected chi connectivity index (χ3v) is 6.87. The lowest BCUT2D eigenvalue weighted by Crippen LogP contribution is -2.46. The van der Waals surface area contributed by atoms with E-state index in [4.69, 9.17) is 4.74 Å². The molecule has 0 saturated heterocycles. The number of hydrogen-bond donors (Lipinski definition) is 0. The van der Waals surface area contributed by atoms with E-state index >= 15 is 0 Å². The Hall–Kier alpha value is -4.16. The number of fused-ring (bicyclic) bond motifs is 3. The number of nitro groups is 1. The molecule has 184 valence electrons. The van der Waals surface area contributed by atoms with Crippen LogP contribution in [0.15, 0.2) is 53.3 Å². The largest absolute Gasteiger partial charge is 0.483 e. The van der Waals surface area contributed by atoms with Crippen LogP contribution in [-0.2, 0) is 6.54 Å². The number of ether oxygens (including phenoxy) is 1. The second-order valence-electron chi connectivity index (χ2n) is 9.68. The molecule has 0 amide bonds. The summed E-state index contributed by atoms with van der Waals surface area (Å²) in [6, 6.07) is 16.3. The van der Waals surface area contributed by atoms with E-state index in [2.05, 4.69) is 43.2 Å². The first kappa shape index (κ1) is 23.6. The zero-order valence-electron chi connectivity index (χ0n) is 20.6. The molecular formula is C27H27N5O4. The van der Waals surface area contributed by atoms with E-state index in [1.165, 1.54) is 28.8 Å². The summed E-state index contributed by atoms with van der Waals surface area (Å²) in [7, 11) is 0. The number of aromatic nitrogens is 2. The van der Waals surface area contributed by atoms with Gasteiger partial charge in [0.2, 0.25) is 0 Å². The minimum atomic E-state index is -0.512. The summed E-state index contributed by atoms with van der Waals surface area (Å²) in [4.78, 5) is 26.8. The fourth-order valence-electron chi connectivity index (χ4n) is 5.30. The highest BCUT2D eigenvalue weighted by molar-refractivity contribution is 6.09. The number of nitriles is 1. The molecule has 2 aromatic heterocycles. The Morgan fingerprint density at radius 1 is 1.11 bits per heavy atom. The van der Waals surface area contributed by atoms with Crippen LogP contribution < -0.4 is 10.3 Å². The van der Waals surface area contributed by atoms with Crippen LogP contribution in [0.1, 0.15) is 33.3 Å². The summed E-state index contributed by atoms with van der Waals surface area (Å²) in [5, 5.41) is 22.1. The number of pyridine rings is 1. The van der Waals surface area contributed by atoms with Gasteiger partial charge in [-0.1, -0.05) is 18.2 Å². The van der Waals surface area contributed by atoms with Crippen molar-refractivity contribution in [2.45, 2.75) is 52.4 Å². The number of nitro benzene ring substituents is 1. The average molecular weight is 486 g/mol. The first-order valence-electron chi connectivity index (χ1n) is 12.0. The summed E-state index contributed by atoms with van der Waals surface area (Å²) in [6.45, 7) is 9.79. The molecule has 9 nitrogen and oxygen atoms in total. The van der Waals surface area contributed by atoms with Crippen molar-refractivity contribution < 1.29 is 9.66 Å². The monoisotopic (exact) mass is 485 g/mol. The summed E-state index contributed by atoms with van der Waals surface area (Å²) < 4.78 is 10.0. The lowest BCUT2D eigenvalue weighted by Gasteiger charge is -2.36. The van der Waals surface area contributed by atoms with E-state index in [9.17, 15) is 20.2 Å². The van der Waals surface area contributed by atoms with E-state index in [0.717, 1.165) is 10.9 Å². The molecule has 0 bridgehead atoms. The first-order valence-corrected chi connectivity index (χ1v) is 12.0. The van der Waals surface area contributed by atoms with Crippen LogP contribution >= 0.6 is 0 Å². The Morgan fingerprint density at radius 3 is 2.39 bits per heavy atom. The van der Waals surface area contributed by atoms with Crippen LogP contribution in [0.2, 0.25) is 0 Å². The molecule has 0 spiro atoms. The molecule has 1 aliphatic rings. The second kappa shape index (κ2) is 8.81. The van der Waals surface area contributed by atoms with E-state index in [1.807, 2.05) is 24.3 Å². The van der Waals surface area contributed by atoms with Crippen molar-refractivity contribution in [1.82, 2.24) is 14.0 Å². The van der Waals surface area contributed by atoms with E-state index in [1.54, 1.807) is 0 Å². The van der Waals surface area contributed by atoms with Crippen molar-refractivity contribution in [3.63, 3.8) is 0 Å². The van der Waals surface area contributed by atoms with Crippen molar-refractivity contribution in [2.75, 3.05) is 6.54 Å².